The van der Waals surface area contributed by atoms with Crippen molar-refractivity contribution < 1.29 is 19.0 Å². The molecule has 0 aliphatic heterocycles. The second-order valence-electron chi connectivity index (χ2n) is 4.54. The summed E-state index contributed by atoms with van der Waals surface area (Å²) in [6, 6.07) is 3.38. The highest BCUT2D eigenvalue weighted by Crippen LogP contribution is 2.39. The summed E-state index contributed by atoms with van der Waals surface area (Å²) in [7, 11) is 4.53. The lowest BCUT2D eigenvalue weighted by molar-refractivity contribution is 0.0930. The zero-order valence-corrected chi connectivity index (χ0v) is 13.1. The fraction of sp³-hybridized carbons (Fsp3) is 0.533. The van der Waals surface area contributed by atoms with Gasteiger partial charge in [0.2, 0.25) is 5.75 Å². The van der Waals surface area contributed by atoms with E-state index in [2.05, 4.69) is 5.32 Å². The van der Waals surface area contributed by atoms with Gasteiger partial charge in [0.15, 0.2) is 11.5 Å². The molecular weight excluding hydrogens is 272 g/mol. The summed E-state index contributed by atoms with van der Waals surface area (Å²) in [6.07, 6.45) is 1.55. The van der Waals surface area contributed by atoms with Gasteiger partial charge in [-0.25, -0.2) is 0 Å². The molecule has 0 radical (unpaired) electrons. The molecule has 1 aromatic rings. The Kier molecular flexibility index (Phi) is 6.81. The van der Waals surface area contributed by atoms with Crippen molar-refractivity contribution in [2.24, 2.45) is 5.73 Å². The molecule has 6 heteroatoms. The summed E-state index contributed by atoms with van der Waals surface area (Å²) < 4.78 is 15.8. The van der Waals surface area contributed by atoms with Crippen LogP contribution in [-0.2, 0) is 0 Å². The summed E-state index contributed by atoms with van der Waals surface area (Å²) in [4.78, 5) is 12.4. The molecule has 1 rings (SSSR count). The molecule has 0 aromatic heterocycles. The van der Waals surface area contributed by atoms with Crippen LogP contribution in [0.25, 0.3) is 0 Å². The first-order valence-corrected chi connectivity index (χ1v) is 6.92. The SMILES string of the molecule is CCC(CCN)NC(=O)c1ccc(OC)c(OC)c1OC. The van der Waals surface area contributed by atoms with Gasteiger partial charge in [0, 0.05) is 6.04 Å². The van der Waals surface area contributed by atoms with E-state index in [1.54, 1.807) is 12.1 Å². The third kappa shape index (κ3) is 4.01. The lowest BCUT2D eigenvalue weighted by Crippen LogP contribution is -2.36. The van der Waals surface area contributed by atoms with Crippen molar-refractivity contribution in [1.29, 1.82) is 0 Å². The Bertz CT molecular complexity index is 477. The zero-order chi connectivity index (χ0) is 15.8. The second-order valence-corrected chi connectivity index (χ2v) is 4.54. The first-order chi connectivity index (χ1) is 10.1. The third-order valence-electron chi connectivity index (χ3n) is 3.29. The van der Waals surface area contributed by atoms with Crippen molar-refractivity contribution in [2.45, 2.75) is 25.8 Å². The predicted octanol–water partition coefficient (Wildman–Crippen LogP) is 1.57. The van der Waals surface area contributed by atoms with Crippen LogP contribution in [0.1, 0.15) is 30.1 Å². The van der Waals surface area contributed by atoms with Crippen molar-refractivity contribution in [1.82, 2.24) is 5.32 Å². The zero-order valence-electron chi connectivity index (χ0n) is 13.1. The predicted molar refractivity (Wildman–Crippen MR) is 81.3 cm³/mol. The molecule has 21 heavy (non-hydrogen) atoms. The van der Waals surface area contributed by atoms with Gasteiger partial charge in [-0.15, -0.1) is 0 Å². The van der Waals surface area contributed by atoms with E-state index < -0.39 is 0 Å². The van der Waals surface area contributed by atoms with E-state index in [-0.39, 0.29) is 11.9 Å². The molecule has 1 atom stereocenters. The Labute approximate surface area is 125 Å². The molecule has 3 N–H and O–H groups in total. The third-order valence-corrected chi connectivity index (χ3v) is 3.29. The number of nitrogens with two attached hydrogens (primary N) is 1. The highest BCUT2D eigenvalue weighted by molar-refractivity contribution is 5.98. The molecule has 0 aliphatic carbocycles. The van der Waals surface area contributed by atoms with E-state index in [1.807, 2.05) is 6.92 Å². The summed E-state index contributed by atoms with van der Waals surface area (Å²) in [6.45, 7) is 2.54. The number of amides is 1. The minimum atomic E-state index is -0.215. The molecular formula is C15H24N2O4. The summed E-state index contributed by atoms with van der Waals surface area (Å²) >= 11 is 0. The normalized spacial score (nSPS) is 11.7. The molecule has 6 nitrogen and oxygen atoms in total. The van der Waals surface area contributed by atoms with Gasteiger partial charge >= 0.3 is 0 Å². The Hall–Kier alpha value is -1.95. The number of benzene rings is 1. The number of ether oxygens (including phenoxy) is 3. The van der Waals surface area contributed by atoms with Gasteiger partial charge in [0.1, 0.15) is 0 Å². The number of hydrogen-bond acceptors (Lipinski definition) is 5. The fourth-order valence-electron chi connectivity index (χ4n) is 2.12. The van der Waals surface area contributed by atoms with Gasteiger partial charge in [0.05, 0.1) is 26.9 Å². The van der Waals surface area contributed by atoms with E-state index >= 15 is 0 Å². The van der Waals surface area contributed by atoms with Crippen LogP contribution in [0.2, 0.25) is 0 Å². The minimum absolute atomic E-state index is 0.0419. The molecule has 118 valence electrons. The second kappa shape index (κ2) is 8.36. The Morgan fingerprint density at radius 1 is 1.19 bits per heavy atom. The standard InChI is InChI=1S/C15H24N2O4/c1-5-10(8-9-16)17-15(18)11-6-7-12(19-2)14(21-4)13(11)20-3/h6-7,10H,5,8-9,16H2,1-4H3,(H,17,18). The van der Waals surface area contributed by atoms with E-state index in [4.69, 9.17) is 19.9 Å². The quantitative estimate of drug-likeness (QED) is 0.761. The number of carbonyl (C=O) groups is 1. The molecule has 0 heterocycles. The van der Waals surface area contributed by atoms with Crippen molar-refractivity contribution in [3.8, 4) is 17.2 Å². The van der Waals surface area contributed by atoms with Crippen LogP contribution >= 0.6 is 0 Å². The monoisotopic (exact) mass is 296 g/mol. The van der Waals surface area contributed by atoms with Crippen LogP contribution in [0.3, 0.4) is 0 Å². The van der Waals surface area contributed by atoms with Crippen molar-refractivity contribution in [2.75, 3.05) is 27.9 Å². The van der Waals surface area contributed by atoms with Crippen LogP contribution in [0.4, 0.5) is 0 Å². The van der Waals surface area contributed by atoms with Crippen molar-refractivity contribution in [3.63, 3.8) is 0 Å². The first-order valence-electron chi connectivity index (χ1n) is 6.92. The van der Waals surface area contributed by atoms with Gasteiger partial charge in [-0.3, -0.25) is 4.79 Å². The molecule has 0 bridgehead atoms. The maximum absolute atomic E-state index is 12.4. The molecule has 0 spiro atoms. The number of carbonyl (C=O) groups excluding carboxylic acids is 1. The lowest BCUT2D eigenvalue weighted by atomic mass is 10.1. The molecule has 1 aromatic carbocycles. The van der Waals surface area contributed by atoms with Gasteiger partial charge in [-0.2, -0.15) is 0 Å². The number of rotatable bonds is 8. The van der Waals surface area contributed by atoms with Gasteiger partial charge in [-0.1, -0.05) is 6.92 Å². The van der Waals surface area contributed by atoms with Crippen LogP contribution in [0, 0.1) is 0 Å². The Morgan fingerprint density at radius 2 is 1.86 bits per heavy atom. The maximum Gasteiger partial charge on any atom is 0.255 e. The summed E-state index contributed by atoms with van der Waals surface area (Å²) in [5.41, 5.74) is 5.95. The molecule has 0 saturated carbocycles. The van der Waals surface area contributed by atoms with Crippen molar-refractivity contribution >= 4 is 5.91 Å². The number of methoxy groups -OCH3 is 3. The van der Waals surface area contributed by atoms with E-state index in [0.717, 1.165) is 12.8 Å². The highest BCUT2D eigenvalue weighted by Gasteiger charge is 2.21. The van der Waals surface area contributed by atoms with E-state index in [0.29, 0.717) is 29.4 Å². The Morgan fingerprint density at radius 3 is 2.33 bits per heavy atom. The van der Waals surface area contributed by atoms with Crippen LogP contribution in [0.15, 0.2) is 12.1 Å². The maximum atomic E-state index is 12.4. The minimum Gasteiger partial charge on any atom is -0.493 e. The largest absolute Gasteiger partial charge is 0.493 e. The molecule has 1 amide bonds. The van der Waals surface area contributed by atoms with Crippen molar-refractivity contribution in [3.05, 3.63) is 17.7 Å². The molecule has 1 unspecified atom stereocenters. The van der Waals surface area contributed by atoms with Crippen LogP contribution < -0.4 is 25.3 Å². The summed E-state index contributed by atoms with van der Waals surface area (Å²) in [5.74, 6) is 1.06. The number of hydrogen-bond donors (Lipinski definition) is 2. The number of nitrogens with one attached hydrogen (secondary N) is 1. The average Bonchev–Trinajstić information content (AvgIpc) is 2.52. The van der Waals surface area contributed by atoms with E-state index in [9.17, 15) is 4.79 Å². The van der Waals surface area contributed by atoms with Gasteiger partial charge in [0.25, 0.3) is 5.91 Å². The lowest BCUT2D eigenvalue weighted by Gasteiger charge is -2.19. The first kappa shape index (κ1) is 17.1. The molecule has 0 aliphatic rings. The topological polar surface area (TPSA) is 82.8 Å². The van der Waals surface area contributed by atoms with E-state index in [1.165, 1.54) is 21.3 Å². The molecule has 0 saturated heterocycles. The average molecular weight is 296 g/mol. The van der Waals surface area contributed by atoms with Gasteiger partial charge < -0.3 is 25.3 Å². The Balaban J connectivity index is 3.09. The summed E-state index contributed by atoms with van der Waals surface area (Å²) in [5, 5.41) is 2.95. The van der Waals surface area contributed by atoms with Crippen LogP contribution in [-0.4, -0.2) is 39.8 Å². The smallest absolute Gasteiger partial charge is 0.255 e. The molecule has 0 fully saturated rings. The fourth-order valence-corrected chi connectivity index (χ4v) is 2.12. The van der Waals surface area contributed by atoms with Crippen LogP contribution in [0.5, 0.6) is 17.2 Å². The van der Waals surface area contributed by atoms with Gasteiger partial charge in [-0.05, 0) is 31.5 Å². The highest BCUT2D eigenvalue weighted by atomic mass is 16.5.